The number of rotatable bonds is 4. The molecule has 1 heterocycles. The van der Waals surface area contributed by atoms with Crippen molar-refractivity contribution in [3.63, 3.8) is 0 Å². The Hall–Kier alpha value is -0.810. The molecule has 5 heteroatoms. The number of carbonyl (C=O) groups is 1. The van der Waals surface area contributed by atoms with Gasteiger partial charge in [0, 0.05) is 19.1 Å². The Morgan fingerprint density at radius 1 is 1.59 bits per heavy atom. The van der Waals surface area contributed by atoms with Crippen LogP contribution in [0.15, 0.2) is 0 Å². The molecule has 1 unspecified atom stereocenters. The largest absolute Gasteiger partial charge is 0.450 e. The molecule has 1 atom stereocenters. The van der Waals surface area contributed by atoms with Gasteiger partial charge >= 0.3 is 6.09 Å². The number of aliphatic hydroxyl groups is 1. The Bertz CT molecular complexity index is 251. The summed E-state index contributed by atoms with van der Waals surface area (Å²) in [6.45, 7) is 8.18. The van der Waals surface area contributed by atoms with Gasteiger partial charge in [-0.3, -0.25) is 4.90 Å². The molecule has 0 radical (unpaired) electrons. The lowest BCUT2D eigenvalue weighted by Crippen LogP contribution is -2.51. The molecule has 0 spiro atoms. The second-order valence-corrected chi connectivity index (χ2v) is 5.25. The fraction of sp³-hybridized carbons (Fsp3) is 0.917. The molecule has 17 heavy (non-hydrogen) atoms. The van der Waals surface area contributed by atoms with E-state index < -0.39 is 5.60 Å². The van der Waals surface area contributed by atoms with Gasteiger partial charge in [-0.1, -0.05) is 0 Å². The molecule has 100 valence electrons. The zero-order chi connectivity index (χ0) is 12.9. The van der Waals surface area contributed by atoms with E-state index in [-0.39, 0.29) is 12.1 Å². The number of amides is 1. The molecule has 0 aromatic carbocycles. The molecule has 1 amide bonds. The molecule has 5 nitrogen and oxygen atoms in total. The van der Waals surface area contributed by atoms with E-state index >= 15 is 0 Å². The van der Waals surface area contributed by atoms with Gasteiger partial charge in [-0.25, -0.2) is 4.79 Å². The van der Waals surface area contributed by atoms with Crippen LogP contribution in [0.2, 0.25) is 0 Å². The van der Waals surface area contributed by atoms with Gasteiger partial charge in [-0.2, -0.15) is 0 Å². The summed E-state index contributed by atoms with van der Waals surface area (Å²) in [5.41, 5.74) is -0.689. The van der Waals surface area contributed by atoms with Crippen molar-refractivity contribution in [3.05, 3.63) is 0 Å². The number of nitrogens with one attached hydrogen (secondary N) is 1. The van der Waals surface area contributed by atoms with Crippen molar-refractivity contribution >= 4 is 6.09 Å². The van der Waals surface area contributed by atoms with Crippen molar-refractivity contribution in [1.82, 2.24) is 10.2 Å². The molecular formula is C12H24N2O3. The third-order valence-electron chi connectivity index (χ3n) is 2.71. The highest BCUT2D eigenvalue weighted by Gasteiger charge is 2.25. The van der Waals surface area contributed by atoms with E-state index in [0.717, 1.165) is 25.9 Å². The summed E-state index contributed by atoms with van der Waals surface area (Å²) in [6, 6.07) is 0.130. The van der Waals surface area contributed by atoms with Crippen LogP contribution in [-0.4, -0.2) is 54.0 Å². The van der Waals surface area contributed by atoms with Crippen LogP contribution < -0.4 is 5.32 Å². The maximum Gasteiger partial charge on any atom is 0.407 e. The van der Waals surface area contributed by atoms with Gasteiger partial charge in [0.15, 0.2) is 0 Å². The Morgan fingerprint density at radius 3 is 2.88 bits per heavy atom. The molecule has 1 saturated heterocycles. The van der Waals surface area contributed by atoms with Crippen LogP contribution in [0.1, 0.15) is 33.6 Å². The number of alkyl carbamates (subject to hydrolysis) is 1. The lowest BCUT2D eigenvalue weighted by Gasteiger charge is -2.36. The first kappa shape index (κ1) is 14.3. The van der Waals surface area contributed by atoms with E-state index in [1.165, 1.54) is 0 Å². The van der Waals surface area contributed by atoms with E-state index in [1.54, 1.807) is 20.8 Å². The maximum atomic E-state index is 11.3. The van der Waals surface area contributed by atoms with E-state index in [0.29, 0.717) is 13.2 Å². The summed E-state index contributed by atoms with van der Waals surface area (Å²) in [5, 5.41) is 12.6. The number of ether oxygens (including phenoxy) is 1. The Balaban J connectivity index is 2.36. The quantitative estimate of drug-likeness (QED) is 0.773. The Morgan fingerprint density at radius 2 is 2.29 bits per heavy atom. The standard InChI is InChI=1S/C12H24N2O3/c1-4-17-11(15)13-10-6-5-7-14(8-10)9-12(2,3)16/h10,16H,4-9H2,1-3H3,(H,13,15). The number of likely N-dealkylation sites (tertiary alicyclic amines) is 1. The topological polar surface area (TPSA) is 61.8 Å². The summed E-state index contributed by atoms with van der Waals surface area (Å²) in [7, 11) is 0. The minimum atomic E-state index is -0.689. The SMILES string of the molecule is CCOC(=O)NC1CCCN(CC(C)(C)O)C1. The Labute approximate surface area is 103 Å². The van der Waals surface area contributed by atoms with Gasteiger partial charge in [-0.05, 0) is 40.2 Å². The number of carbonyl (C=O) groups excluding carboxylic acids is 1. The highest BCUT2D eigenvalue weighted by Crippen LogP contribution is 2.13. The van der Waals surface area contributed by atoms with Gasteiger partial charge in [0.1, 0.15) is 0 Å². The average molecular weight is 244 g/mol. The second-order valence-electron chi connectivity index (χ2n) is 5.25. The van der Waals surface area contributed by atoms with Crippen LogP contribution in [0.25, 0.3) is 0 Å². The number of hydrogen-bond donors (Lipinski definition) is 2. The summed E-state index contributed by atoms with van der Waals surface area (Å²) in [5.74, 6) is 0. The first-order valence-corrected chi connectivity index (χ1v) is 6.29. The number of β-amino-alcohol motifs (C(OH)–C–C–N with tert-alkyl or cyclic N) is 1. The molecular weight excluding hydrogens is 220 g/mol. The molecule has 0 bridgehead atoms. The van der Waals surface area contributed by atoms with E-state index in [1.807, 2.05) is 0 Å². The van der Waals surface area contributed by atoms with Crippen molar-refractivity contribution in [2.24, 2.45) is 0 Å². The van der Waals surface area contributed by atoms with Crippen LogP contribution in [0.3, 0.4) is 0 Å². The fourth-order valence-corrected chi connectivity index (χ4v) is 2.20. The predicted molar refractivity (Wildman–Crippen MR) is 65.9 cm³/mol. The minimum absolute atomic E-state index is 0.130. The van der Waals surface area contributed by atoms with Crippen LogP contribution >= 0.6 is 0 Å². The van der Waals surface area contributed by atoms with Gasteiger partial charge in [0.05, 0.1) is 12.2 Å². The predicted octanol–water partition coefficient (Wildman–Crippen LogP) is 0.968. The van der Waals surface area contributed by atoms with Gasteiger partial charge < -0.3 is 15.2 Å². The molecule has 1 aliphatic rings. The lowest BCUT2D eigenvalue weighted by molar-refractivity contribution is 0.0252. The van der Waals surface area contributed by atoms with E-state index in [4.69, 9.17) is 4.74 Å². The number of piperidine rings is 1. The summed E-state index contributed by atoms with van der Waals surface area (Å²) >= 11 is 0. The molecule has 1 rings (SSSR count). The lowest BCUT2D eigenvalue weighted by atomic mass is 10.0. The highest BCUT2D eigenvalue weighted by atomic mass is 16.5. The van der Waals surface area contributed by atoms with Crippen molar-refractivity contribution in [2.45, 2.75) is 45.3 Å². The highest BCUT2D eigenvalue weighted by molar-refractivity contribution is 5.67. The van der Waals surface area contributed by atoms with Crippen molar-refractivity contribution in [2.75, 3.05) is 26.2 Å². The minimum Gasteiger partial charge on any atom is -0.450 e. The molecule has 0 aromatic rings. The third kappa shape index (κ3) is 5.89. The molecule has 2 N–H and O–H groups in total. The van der Waals surface area contributed by atoms with Crippen molar-refractivity contribution in [3.8, 4) is 0 Å². The first-order chi connectivity index (χ1) is 7.90. The van der Waals surface area contributed by atoms with Crippen molar-refractivity contribution < 1.29 is 14.6 Å². The molecule has 0 saturated carbocycles. The monoisotopic (exact) mass is 244 g/mol. The first-order valence-electron chi connectivity index (χ1n) is 6.29. The van der Waals surface area contributed by atoms with Gasteiger partial charge in [-0.15, -0.1) is 0 Å². The normalized spacial score (nSPS) is 22.2. The van der Waals surface area contributed by atoms with Crippen LogP contribution in [0.5, 0.6) is 0 Å². The molecule has 1 aliphatic heterocycles. The van der Waals surface area contributed by atoms with Gasteiger partial charge in [0.25, 0.3) is 0 Å². The van der Waals surface area contributed by atoms with E-state index in [2.05, 4.69) is 10.2 Å². The summed E-state index contributed by atoms with van der Waals surface area (Å²) in [4.78, 5) is 13.5. The second kappa shape index (κ2) is 6.21. The maximum absolute atomic E-state index is 11.3. The fourth-order valence-electron chi connectivity index (χ4n) is 2.20. The number of nitrogens with zero attached hydrogens (tertiary/aromatic N) is 1. The Kier molecular flexibility index (Phi) is 5.21. The number of hydrogen-bond acceptors (Lipinski definition) is 4. The van der Waals surface area contributed by atoms with Crippen LogP contribution in [-0.2, 0) is 4.74 Å². The molecule has 1 fully saturated rings. The summed E-state index contributed by atoms with van der Waals surface area (Å²) in [6.07, 6.45) is 1.66. The van der Waals surface area contributed by atoms with Crippen LogP contribution in [0, 0.1) is 0 Å². The van der Waals surface area contributed by atoms with Gasteiger partial charge in [0.2, 0.25) is 0 Å². The van der Waals surface area contributed by atoms with Crippen molar-refractivity contribution in [1.29, 1.82) is 0 Å². The summed E-state index contributed by atoms with van der Waals surface area (Å²) < 4.78 is 4.86. The zero-order valence-electron chi connectivity index (χ0n) is 11.0. The molecule has 0 aliphatic carbocycles. The van der Waals surface area contributed by atoms with E-state index in [9.17, 15) is 9.90 Å². The average Bonchev–Trinajstić information content (AvgIpc) is 2.15. The smallest absolute Gasteiger partial charge is 0.407 e. The van der Waals surface area contributed by atoms with Crippen LogP contribution in [0.4, 0.5) is 4.79 Å². The molecule has 0 aromatic heterocycles. The zero-order valence-corrected chi connectivity index (χ0v) is 11.0. The third-order valence-corrected chi connectivity index (χ3v) is 2.71.